The van der Waals surface area contributed by atoms with Gasteiger partial charge in [0.05, 0.1) is 0 Å². The third kappa shape index (κ3) is 2.86. The van der Waals surface area contributed by atoms with Gasteiger partial charge < -0.3 is 5.32 Å². The van der Waals surface area contributed by atoms with E-state index in [4.69, 9.17) is 0 Å². The lowest BCUT2D eigenvalue weighted by Gasteiger charge is -2.56. The highest BCUT2D eigenvalue weighted by atomic mass is 16.1. The Morgan fingerprint density at radius 3 is 2.81 bits per heavy atom. The van der Waals surface area contributed by atoms with Crippen molar-refractivity contribution in [3.8, 4) is 0 Å². The Bertz CT molecular complexity index is 839. The number of ketones is 1. The van der Waals surface area contributed by atoms with Crippen molar-refractivity contribution in [3.63, 3.8) is 0 Å². The van der Waals surface area contributed by atoms with Crippen LogP contribution in [0, 0.1) is 5.92 Å². The minimum Gasteiger partial charge on any atom is -0.313 e. The van der Waals surface area contributed by atoms with E-state index in [2.05, 4.69) is 47.8 Å². The van der Waals surface area contributed by atoms with Crippen LogP contribution in [0.25, 0.3) is 0 Å². The number of hydrogen-bond donors (Lipinski definition) is 1. The molecular formula is C25H29NO. The number of piperidine rings is 1. The lowest BCUT2D eigenvalue weighted by molar-refractivity contribution is 0.0788. The normalized spacial score (nSPS) is 28.9. The lowest BCUT2D eigenvalue weighted by atomic mass is 9.52. The first kappa shape index (κ1) is 17.2. The highest BCUT2D eigenvalue weighted by molar-refractivity contribution is 5.98. The lowest BCUT2D eigenvalue weighted by Crippen LogP contribution is -2.59. The smallest absolute Gasteiger partial charge is 0.163 e. The Morgan fingerprint density at radius 1 is 1.04 bits per heavy atom. The molecule has 2 heteroatoms. The van der Waals surface area contributed by atoms with Crippen LogP contribution >= 0.6 is 0 Å². The summed E-state index contributed by atoms with van der Waals surface area (Å²) < 4.78 is 0. The van der Waals surface area contributed by atoms with Crippen molar-refractivity contribution in [1.82, 2.24) is 5.32 Å². The molecular weight excluding hydrogens is 330 g/mol. The van der Waals surface area contributed by atoms with Crippen LogP contribution in [0.1, 0.15) is 65.6 Å². The molecule has 1 aliphatic heterocycles. The quantitative estimate of drug-likeness (QED) is 0.791. The average Bonchev–Trinajstić information content (AvgIpc) is 2.72. The van der Waals surface area contributed by atoms with Crippen LogP contribution < -0.4 is 5.32 Å². The van der Waals surface area contributed by atoms with Crippen LogP contribution in [0.3, 0.4) is 0 Å². The number of nitrogens with one attached hydrogen (secondary N) is 1. The predicted octanol–water partition coefficient (Wildman–Crippen LogP) is 4.85. The van der Waals surface area contributed by atoms with E-state index in [-0.39, 0.29) is 0 Å². The zero-order valence-corrected chi connectivity index (χ0v) is 16.0. The fourth-order valence-electron chi connectivity index (χ4n) is 6.26. The minimum atomic E-state index is 0.319. The van der Waals surface area contributed by atoms with Crippen molar-refractivity contribution in [2.75, 3.05) is 6.54 Å². The number of carbonyl (C=O) groups excluding carboxylic acids is 1. The van der Waals surface area contributed by atoms with Crippen LogP contribution in [0.2, 0.25) is 0 Å². The summed E-state index contributed by atoms with van der Waals surface area (Å²) in [6.07, 6.45) is 9.09. The molecule has 1 N–H and O–H groups in total. The molecule has 3 atom stereocenters. The van der Waals surface area contributed by atoms with Crippen LogP contribution in [0.15, 0.2) is 48.5 Å². The fraction of sp³-hybridized carbons (Fsp3) is 0.480. The van der Waals surface area contributed by atoms with Gasteiger partial charge in [0.1, 0.15) is 0 Å². The summed E-state index contributed by atoms with van der Waals surface area (Å²) in [5.74, 6) is 1.08. The van der Waals surface area contributed by atoms with E-state index in [1.807, 2.05) is 6.07 Å². The molecule has 2 aromatic rings. The Morgan fingerprint density at radius 2 is 1.93 bits per heavy atom. The van der Waals surface area contributed by atoms with E-state index in [1.165, 1.54) is 48.8 Å². The minimum absolute atomic E-state index is 0.319. The molecule has 2 aliphatic carbocycles. The van der Waals surface area contributed by atoms with E-state index >= 15 is 0 Å². The molecule has 1 saturated heterocycles. The summed E-state index contributed by atoms with van der Waals surface area (Å²) >= 11 is 0. The van der Waals surface area contributed by atoms with Gasteiger partial charge in [0.15, 0.2) is 5.78 Å². The van der Waals surface area contributed by atoms with Crippen LogP contribution in [-0.4, -0.2) is 18.4 Å². The van der Waals surface area contributed by atoms with Gasteiger partial charge in [0.2, 0.25) is 0 Å². The molecule has 0 spiro atoms. The molecule has 3 aliphatic rings. The highest BCUT2D eigenvalue weighted by Gasteiger charge is 2.51. The number of benzene rings is 2. The van der Waals surface area contributed by atoms with Crippen LogP contribution in [0.4, 0.5) is 0 Å². The zero-order chi connectivity index (χ0) is 18.3. The van der Waals surface area contributed by atoms with Gasteiger partial charge in [-0.25, -0.2) is 0 Å². The van der Waals surface area contributed by atoms with Gasteiger partial charge in [0.25, 0.3) is 0 Å². The maximum Gasteiger partial charge on any atom is 0.163 e. The van der Waals surface area contributed by atoms with E-state index in [9.17, 15) is 4.79 Å². The topological polar surface area (TPSA) is 29.1 Å². The molecule has 2 bridgehead atoms. The number of fused-ring (bicyclic) bond motifs is 1. The first-order chi connectivity index (χ1) is 13.3. The van der Waals surface area contributed by atoms with Gasteiger partial charge in [0, 0.05) is 23.4 Å². The maximum atomic E-state index is 13.1. The molecule has 27 heavy (non-hydrogen) atoms. The Kier molecular flexibility index (Phi) is 4.40. The van der Waals surface area contributed by atoms with Gasteiger partial charge in [-0.1, -0.05) is 61.4 Å². The highest BCUT2D eigenvalue weighted by Crippen LogP contribution is 2.54. The maximum absolute atomic E-state index is 13.1. The molecule has 2 fully saturated rings. The number of aryl methyl sites for hydroxylation is 1. The standard InChI is InChI=1S/C25H29NO/c27-24(13-12-18-7-2-1-3-8-18)19-9-6-11-21-20(19)17-23-22-10-4-5-14-25(21,22)15-16-26-23/h1-3,6-9,11,22-23,26H,4-5,10,12-17H2/t22-,23+,25-/m0/s1. The summed E-state index contributed by atoms with van der Waals surface area (Å²) in [5, 5.41) is 3.80. The third-order valence-corrected chi connectivity index (χ3v) is 7.48. The molecule has 1 heterocycles. The number of hydrogen-bond acceptors (Lipinski definition) is 2. The van der Waals surface area contributed by atoms with Crippen LogP contribution in [0.5, 0.6) is 0 Å². The van der Waals surface area contributed by atoms with Gasteiger partial charge in [-0.05, 0) is 61.3 Å². The number of rotatable bonds is 4. The SMILES string of the molecule is O=C(CCc1ccccc1)c1cccc2c1C[C@H]1NCC[C@@]23CCCC[C@@H]13. The average molecular weight is 360 g/mol. The van der Waals surface area contributed by atoms with E-state index in [1.54, 1.807) is 0 Å². The zero-order valence-electron chi connectivity index (χ0n) is 16.0. The van der Waals surface area contributed by atoms with Crippen molar-refractivity contribution in [2.24, 2.45) is 5.92 Å². The summed E-state index contributed by atoms with van der Waals surface area (Å²) in [6.45, 7) is 1.13. The molecule has 0 radical (unpaired) electrons. The van der Waals surface area contributed by atoms with Crippen molar-refractivity contribution in [2.45, 2.75) is 62.8 Å². The molecule has 5 rings (SSSR count). The summed E-state index contributed by atoms with van der Waals surface area (Å²) in [5.41, 5.74) is 5.47. The molecule has 0 unspecified atom stereocenters. The van der Waals surface area contributed by atoms with Gasteiger partial charge >= 0.3 is 0 Å². The predicted molar refractivity (Wildman–Crippen MR) is 109 cm³/mol. The van der Waals surface area contributed by atoms with Crippen LogP contribution in [-0.2, 0) is 18.3 Å². The first-order valence-electron chi connectivity index (χ1n) is 10.7. The van der Waals surface area contributed by atoms with Gasteiger partial charge in [-0.15, -0.1) is 0 Å². The number of carbonyl (C=O) groups is 1. The first-order valence-corrected chi connectivity index (χ1v) is 10.7. The van der Waals surface area contributed by atoms with Crippen molar-refractivity contribution in [3.05, 3.63) is 70.8 Å². The summed E-state index contributed by atoms with van der Waals surface area (Å²) in [6, 6.07) is 17.5. The second-order valence-electron chi connectivity index (χ2n) is 8.76. The molecule has 1 saturated carbocycles. The molecule has 2 nitrogen and oxygen atoms in total. The van der Waals surface area contributed by atoms with Crippen molar-refractivity contribution < 1.29 is 4.79 Å². The second kappa shape index (κ2) is 6.91. The van der Waals surface area contributed by atoms with Crippen molar-refractivity contribution in [1.29, 1.82) is 0 Å². The Hall–Kier alpha value is -1.93. The molecule has 0 aromatic heterocycles. The van der Waals surface area contributed by atoms with E-state index in [0.29, 0.717) is 23.7 Å². The molecule has 0 amide bonds. The Balaban J connectivity index is 1.47. The summed E-state index contributed by atoms with van der Waals surface area (Å²) in [7, 11) is 0. The van der Waals surface area contributed by atoms with Gasteiger partial charge in [-0.2, -0.15) is 0 Å². The van der Waals surface area contributed by atoms with E-state index < -0.39 is 0 Å². The van der Waals surface area contributed by atoms with E-state index in [0.717, 1.165) is 30.9 Å². The molecule has 2 aromatic carbocycles. The number of Topliss-reactive ketones (excluding diaryl/α,β-unsaturated/α-hetero) is 1. The summed E-state index contributed by atoms with van der Waals surface area (Å²) in [4.78, 5) is 13.1. The largest absolute Gasteiger partial charge is 0.313 e. The van der Waals surface area contributed by atoms with Crippen molar-refractivity contribution >= 4 is 5.78 Å². The fourth-order valence-corrected chi connectivity index (χ4v) is 6.26. The third-order valence-electron chi connectivity index (χ3n) is 7.48. The Labute approximate surface area is 162 Å². The van der Waals surface area contributed by atoms with Gasteiger partial charge in [-0.3, -0.25) is 4.79 Å². The monoisotopic (exact) mass is 359 g/mol. The molecule has 140 valence electrons. The second-order valence-corrected chi connectivity index (χ2v) is 8.76.